The smallest absolute Gasteiger partial charge is 0.252 e. The van der Waals surface area contributed by atoms with E-state index in [0.717, 1.165) is 17.9 Å². The number of carbonyl (C=O) groups is 1. The second kappa shape index (κ2) is 9.50. The first kappa shape index (κ1) is 20.1. The highest BCUT2D eigenvalue weighted by Crippen LogP contribution is 2.19. The average molecular weight is 399 g/mol. The van der Waals surface area contributed by atoms with E-state index in [-0.39, 0.29) is 11.6 Å². The van der Waals surface area contributed by atoms with Crippen molar-refractivity contribution in [1.29, 1.82) is 0 Å². The van der Waals surface area contributed by atoms with Gasteiger partial charge in [0, 0.05) is 12.3 Å². The van der Waals surface area contributed by atoms with Crippen molar-refractivity contribution in [3.05, 3.63) is 78.0 Å². The lowest BCUT2D eigenvalue weighted by Crippen LogP contribution is -2.28. The van der Waals surface area contributed by atoms with Gasteiger partial charge < -0.3 is 20.1 Å². The maximum Gasteiger partial charge on any atom is 0.252 e. The van der Waals surface area contributed by atoms with Crippen LogP contribution in [-0.2, 0) is 0 Å². The van der Waals surface area contributed by atoms with E-state index in [1.54, 1.807) is 37.4 Å². The summed E-state index contributed by atoms with van der Waals surface area (Å²) in [4.78, 5) is 16.2. The molecule has 2 N–H and O–H groups in total. The summed E-state index contributed by atoms with van der Waals surface area (Å²) >= 11 is 0. The number of anilines is 2. The van der Waals surface area contributed by atoms with E-state index < -0.39 is 11.6 Å². The molecule has 0 aliphatic carbocycles. The van der Waals surface area contributed by atoms with Crippen LogP contribution in [0.15, 0.2) is 60.8 Å². The number of nitrogens with one attached hydrogen (secondary N) is 2. The first-order valence-corrected chi connectivity index (χ1v) is 8.78. The van der Waals surface area contributed by atoms with Crippen molar-refractivity contribution in [2.24, 2.45) is 0 Å². The molecule has 2 aromatic carbocycles. The van der Waals surface area contributed by atoms with E-state index >= 15 is 0 Å². The number of aromatic nitrogens is 1. The summed E-state index contributed by atoms with van der Waals surface area (Å²) in [6, 6.07) is 13.4. The van der Waals surface area contributed by atoms with Crippen molar-refractivity contribution in [3.8, 4) is 11.5 Å². The van der Waals surface area contributed by atoms with Gasteiger partial charge in [0.15, 0.2) is 0 Å². The summed E-state index contributed by atoms with van der Waals surface area (Å²) in [5.41, 5.74) is 0.436. The highest BCUT2D eigenvalue weighted by Gasteiger charge is 2.08. The van der Waals surface area contributed by atoms with Gasteiger partial charge in [0.05, 0.1) is 24.9 Å². The van der Waals surface area contributed by atoms with E-state index in [1.807, 2.05) is 0 Å². The Morgan fingerprint density at radius 1 is 1.03 bits per heavy atom. The second-order valence-electron chi connectivity index (χ2n) is 5.96. The molecular formula is C21H19F2N3O3. The molecule has 29 heavy (non-hydrogen) atoms. The van der Waals surface area contributed by atoms with Crippen molar-refractivity contribution in [3.63, 3.8) is 0 Å². The van der Waals surface area contributed by atoms with Crippen molar-refractivity contribution < 1.29 is 23.0 Å². The van der Waals surface area contributed by atoms with Crippen molar-refractivity contribution in [1.82, 2.24) is 10.3 Å². The molecule has 0 saturated carbocycles. The van der Waals surface area contributed by atoms with Crippen LogP contribution in [0.1, 0.15) is 10.4 Å². The van der Waals surface area contributed by atoms with Gasteiger partial charge in [0.2, 0.25) is 0 Å². The molecule has 1 aromatic heterocycles. The molecule has 0 radical (unpaired) electrons. The first-order valence-electron chi connectivity index (χ1n) is 8.78. The van der Waals surface area contributed by atoms with Crippen LogP contribution in [0.3, 0.4) is 0 Å². The Hall–Kier alpha value is -3.68. The third-order valence-electron chi connectivity index (χ3n) is 3.94. The largest absolute Gasteiger partial charge is 0.497 e. The van der Waals surface area contributed by atoms with E-state index in [1.165, 1.54) is 18.3 Å². The van der Waals surface area contributed by atoms with Crippen LogP contribution in [0.25, 0.3) is 0 Å². The van der Waals surface area contributed by atoms with Crippen LogP contribution in [0.4, 0.5) is 20.3 Å². The molecule has 1 heterocycles. The monoisotopic (exact) mass is 399 g/mol. The van der Waals surface area contributed by atoms with Crippen LogP contribution in [0.2, 0.25) is 0 Å². The number of nitrogens with zero attached hydrogens (tertiary/aromatic N) is 1. The maximum atomic E-state index is 13.7. The third kappa shape index (κ3) is 5.65. The minimum absolute atomic E-state index is 0.0896. The van der Waals surface area contributed by atoms with Crippen molar-refractivity contribution in [2.75, 3.05) is 25.6 Å². The number of ether oxygens (including phenoxy) is 2. The van der Waals surface area contributed by atoms with E-state index in [2.05, 4.69) is 15.6 Å². The number of benzene rings is 2. The zero-order valence-electron chi connectivity index (χ0n) is 15.6. The zero-order valence-corrected chi connectivity index (χ0v) is 15.6. The number of methoxy groups -OCH3 is 1. The Labute approximate surface area is 166 Å². The lowest BCUT2D eigenvalue weighted by molar-refractivity contribution is 0.0946. The van der Waals surface area contributed by atoms with Gasteiger partial charge in [-0.3, -0.25) is 4.79 Å². The Balaban J connectivity index is 1.47. The number of carbonyl (C=O) groups excluding carboxylic acids is 1. The van der Waals surface area contributed by atoms with Gasteiger partial charge in [-0.05, 0) is 48.5 Å². The average Bonchev–Trinajstić information content (AvgIpc) is 2.74. The molecule has 6 nitrogen and oxygen atoms in total. The molecule has 3 rings (SSSR count). The molecule has 0 unspecified atom stereocenters. The molecule has 0 saturated heterocycles. The van der Waals surface area contributed by atoms with E-state index in [0.29, 0.717) is 30.3 Å². The standard InChI is InChI=1S/C21H19F2N3O3/c1-28-16-4-6-17(7-5-16)29-11-10-24-21(27)14-2-9-20(25-13-14)26-19-8-3-15(22)12-18(19)23/h2-9,12-13H,10-11H2,1H3,(H,24,27)(H,25,26). The summed E-state index contributed by atoms with van der Waals surface area (Å²) in [6.45, 7) is 0.612. The maximum absolute atomic E-state index is 13.7. The molecule has 3 aromatic rings. The van der Waals surface area contributed by atoms with E-state index in [4.69, 9.17) is 9.47 Å². The van der Waals surface area contributed by atoms with Gasteiger partial charge >= 0.3 is 0 Å². The van der Waals surface area contributed by atoms with Crippen molar-refractivity contribution in [2.45, 2.75) is 0 Å². The number of amides is 1. The molecule has 150 valence electrons. The van der Waals surface area contributed by atoms with Gasteiger partial charge in [0.1, 0.15) is 35.6 Å². The fourth-order valence-corrected chi connectivity index (χ4v) is 2.44. The molecule has 0 atom stereocenters. The predicted molar refractivity (Wildman–Crippen MR) is 105 cm³/mol. The second-order valence-corrected chi connectivity index (χ2v) is 5.96. The number of pyridine rings is 1. The van der Waals surface area contributed by atoms with Gasteiger partial charge in [-0.2, -0.15) is 0 Å². The quantitative estimate of drug-likeness (QED) is 0.562. The van der Waals surface area contributed by atoms with Crippen LogP contribution in [-0.4, -0.2) is 31.2 Å². The normalized spacial score (nSPS) is 10.3. The number of halogens is 2. The van der Waals surface area contributed by atoms with Crippen LogP contribution in [0, 0.1) is 11.6 Å². The number of hydrogen-bond acceptors (Lipinski definition) is 5. The molecule has 0 fully saturated rings. The summed E-state index contributed by atoms with van der Waals surface area (Å²) < 4.78 is 37.2. The molecule has 1 amide bonds. The summed E-state index contributed by atoms with van der Waals surface area (Å²) in [6.07, 6.45) is 1.36. The Morgan fingerprint density at radius 3 is 2.45 bits per heavy atom. The summed E-state index contributed by atoms with van der Waals surface area (Å²) in [7, 11) is 1.59. The lowest BCUT2D eigenvalue weighted by atomic mass is 10.2. The Kier molecular flexibility index (Phi) is 6.57. The van der Waals surface area contributed by atoms with Gasteiger partial charge in [-0.15, -0.1) is 0 Å². The third-order valence-corrected chi connectivity index (χ3v) is 3.94. The molecule has 0 bridgehead atoms. The van der Waals surface area contributed by atoms with Gasteiger partial charge in [-0.1, -0.05) is 0 Å². The summed E-state index contributed by atoms with van der Waals surface area (Å²) in [5, 5.41) is 5.46. The first-order chi connectivity index (χ1) is 14.0. The fraction of sp³-hybridized carbons (Fsp3) is 0.143. The molecule has 0 aliphatic heterocycles. The SMILES string of the molecule is COc1ccc(OCCNC(=O)c2ccc(Nc3ccc(F)cc3F)nc2)cc1. The minimum Gasteiger partial charge on any atom is -0.497 e. The molecule has 0 aliphatic rings. The number of hydrogen-bond donors (Lipinski definition) is 2. The minimum atomic E-state index is -0.731. The zero-order chi connectivity index (χ0) is 20.6. The molecule has 0 spiro atoms. The highest BCUT2D eigenvalue weighted by atomic mass is 19.1. The highest BCUT2D eigenvalue weighted by molar-refractivity contribution is 5.94. The van der Waals surface area contributed by atoms with Gasteiger partial charge in [-0.25, -0.2) is 13.8 Å². The molecule has 8 heteroatoms. The topological polar surface area (TPSA) is 72.5 Å². The Morgan fingerprint density at radius 2 is 1.79 bits per heavy atom. The Bertz CT molecular complexity index is 964. The van der Waals surface area contributed by atoms with Crippen LogP contribution < -0.4 is 20.1 Å². The van der Waals surface area contributed by atoms with Crippen molar-refractivity contribution >= 4 is 17.4 Å². The van der Waals surface area contributed by atoms with Crippen LogP contribution in [0.5, 0.6) is 11.5 Å². The van der Waals surface area contributed by atoms with Crippen LogP contribution >= 0.6 is 0 Å². The fourth-order valence-electron chi connectivity index (χ4n) is 2.44. The predicted octanol–water partition coefficient (Wildman–Crippen LogP) is 3.92. The summed E-state index contributed by atoms with van der Waals surface area (Å²) in [5.74, 6) is 0.0307. The van der Waals surface area contributed by atoms with Gasteiger partial charge in [0.25, 0.3) is 5.91 Å². The van der Waals surface area contributed by atoms with E-state index in [9.17, 15) is 13.6 Å². The number of rotatable bonds is 8. The lowest BCUT2D eigenvalue weighted by Gasteiger charge is -2.09. The molecular weight excluding hydrogens is 380 g/mol.